The number of nitrogens with zero attached hydrogens (tertiary/aromatic N) is 1. The Morgan fingerprint density at radius 1 is 1.11 bits per heavy atom. The van der Waals surface area contributed by atoms with E-state index in [9.17, 15) is 0 Å². The van der Waals surface area contributed by atoms with Crippen molar-refractivity contribution in [3.05, 3.63) is 23.8 Å². The van der Waals surface area contributed by atoms with E-state index in [0.29, 0.717) is 6.79 Å². The zero-order valence-corrected chi connectivity index (χ0v) is 11.5. The van der Waals surface area contributed by atoms with Crippen LogP contribution < -0.4 is 15.2 Å². The highest BCUT2D eigenvalue weighted by Crippen LogP contribution is 2.36. The third kappa shape index (κ3) is 2.55. The monoisotopic (exact) mass is 262 g/mol. The molecule has 2 heterocycles. The fourth-order valence-corrected chi connectivity index (χ4v) is 3.14. The quantitative estimate of drug-likeness (QED) is 0.908. The number of fused-ring (bicyclic) bond motifs is 1. The SMILES string of the molecule is CC(N)C(c1ccc2c(c1)OCO2)N1CCCCC1. The van der Waals surface area contributed by atoms with Crippen molar-refractivity contribution in [1.29, 1.82) is 0 Å². The Kier molecular flexibility index (Phi) is 3.62. The van der Waals surface area contributed by atoms with Crippen LogP contribution in [0.1, 0.15) is 37.8 Å². The van der Waals surface area contributed by atoms with Crippen LogP contribution >= 0.6 is 0 Å². The molecular formula is C15H22N2O2. The van der Waals surface area contributed by atoms with E-state index in [1.54, 1.807) is 0 Å². The minimum atomic E-state index is 0.110. The van der Waals surface area contributed by atoms with Crippen LogP contribution in [0.3, 0.4) is 0 Å². The highest BCUT2D eigenvalue weighted by atomic mass is 16.7. The highest BCUT2D eigenvalue weighted by Gasteiger charge is 2.27. The summed E-state index contributed by atoms with van der Waals surface area (Å²) >= 11 is 0. The summed E-state index contributed by atoms with van der Waals surface area (Å²) in [6.45, 7) is 4.69. The summed E-state index contributed by atoms with van der Waals surface area (Å²) in [7, 11) is 0. The number of hydrogen-bond acceptors (Lipinski definition) is 4. The summed E-state index contributed by atoms with van der Waals surface area (Å²) in [5, 5.41) is 0. The second-order valence-corrected chi connectivity index (χ2v) is 5.51. The van der Waals surface area contributed by atoms with E-state index >= 15 is 0 Å². The fourth-order valence-electron chi connectivity index (χ4n) is 3.14. The Hall–Kier alpha value is -1.26. The summed E-state index contributed by atoms with van der Waals surface area (Å²) in [5.41, 5.74) is 7.47. The molecule has 0 aromatic heterocycles. The van der Waals surface area contributed by atoms with E-state index < -0.39 is 0 Å². The predicted molar refractivity (Wildman–Crippen MR) is 74.4 cm³/mol. The van der Waals surface area contributed by atoms with E-state index in [1.165, 1.54) is 24.8 Å². The molecule has 0 bridgehead atoms. The Bertz CT molecular complexity index is 442. The molecule has 0 aliphatic carbocycles. The van der Waals surface area contributed by atoms with Gasteiger partial charge in [0.2, 0.25) is 6.79 Å². The van der Waals surface area contributed by atoms with Gasteiger partial charge >= 0.3 is 0 Å². The average molecular weight is 262 g/mol. The molecule has 1 aromatic rings. The Balaban J connectivity index is 1.87. The molecule has 2 atom stereocenters. The molecule has 1 fully saturated rings. The predicted octanol–water partition coefficient (Wildman–Crippen LogP) is 2.29. The minimum Gasteiger partial charge on any atom is -0.454 e. The van der Waals surface area contributed by atoms with Gasteiger partial charge in [-0.2, -0.15) is 0 Å². The molecule has 4 heteroatoms. The largest absolute Gasteiger partial charge is 0.454 e. The number of ether oxygens (including phenoxy) is 2. The minimum absolute atomic E-state index is 0.110. The third-order valence-electron chi connectivity index (χ3n) is 4.02. The maximum Gasteiger partial charge on any atom is 0.231 e. The molecule has 0 saturated carbocycles. The van der Waals surface area contributed by atoms with Gasteiger partial charge in [-0.05, 0) is 50.6 Å². The molecular weight excluding hydrogens is 240 g/mol. The number of benzene rings is 1. The van der Waals surface area contributed by atoms with Gasteiger partial charge in [0.15, 0.2) is 11.5 Å². The second-order valence-electron chi connectivity index (χ2n) is 5.51. The van der Waals surface area contributed by atoms with Gasteiger partial charge in [-0.3, -0.25) is 4.90 Å². The summed E-state index contributed by atoms with van der Waals surface area (Å²) < 4.78 is 10.8. The normalized spacial score (nSPS) is 22.2. The summed E-state index contributed by atoms with van der Waals surface area (Å²) in [6.07, 6.45) is 3.88. The van der Waals surface area contributed by atoms with Crippen LogP contribution in [0.4, 0.5) is 0 Å². The van der Waals surface area contributed by atoms with Gasteiger partial charge < -0.3 is 15.2 Å². The Morgan fingerprint density at radius 3 is 2.58 bits per heavy atom. The van der Waals surface area contributed by atoms with Crippen molar-refractivity contribution in [2.75, 3.05) is 19.9 Å². The van der Waals surface area contributed by atoms with Crippen LogP contribution in [0.25, 0.3) is 0 Å². The van der Waals surface area contributed by atoms with Crippen LogP contribution in [0.2, 0.25) is 0 Å². The van der Waals surface area contributed by atoms with Crippen molar-refractivity contribution in [2.45, 2.75) is 38.3 Å². The van der Waals surface area contributed by atoms with E-state index in [1.807, 2.05) is 6.07 Å². The first-order valence-electron chi connectivity index (χ1n) is 7.15. The van der Waals surface area contributed by atoms with Gasteiger partial charge in [-0.25, -0.2) is 0 Å². The van der Waals surface area contributed by atoms with Crippen molar-refractivity contribution in [2.24, 2.45) is 5.73 Å². The van der Waals surface area contributed by atoms with Gasteiger partial charge in [0, 0.05) is 12.1 Å². The van der Waals surface area contributed by atoms with Crippen LogP contribution in [0, 0.1) is 0 Å². The van der Waals surface area contributed by atoms with Gasteiger partial charge in [0.1, 0.15) is 0 Å². The molecule has 4 nitrogen and oxygen atoms in total. The smallest absolute Gasteiger partial charge is 0.231 e. The first kappa shape index (κ1) is 12.8. The molecule has 1 aromatic carbocycles. The first-order valence-corrected chi connectivity index (χ1v) is 7.15. The zero-order chi connectivity index (χ0) is 13.2. The molecule has 2 N–H and O–H groups in total. The van der Waals surface area contributed by atoms with Crippen molar-refractivity contribution in [3.63, 3.8) is 0 Å². The molecule has 2 unspecified atom stereocenters. The Labute approximate surface area is 114 Å². The van der Waals surface area contributed by atoms with Crippen molar-refractivity contribution < 1.29 is 9.47 Å². The third-order valence-corrected chi connectivity index (χ3v) is 4.02. The highest BCUT2D eigenvalue weighted by molar-refractivity contribution is 5.45. The standard InChI is InChI=1S/C15H22N2O2/c1-11(16)15(17-7-3-2-4-8-17)12-5-6-13-14(9-12)19-10-18-13/h5-6,9,11,15H,2-4,7-8,10,16H2,1H3. The topological polar surface area (TPSA) is 47.7 Å². The van der Waals surface area contributed by atoms with E-state index in [-0.39, 0.29) is 12.1 Å². The van der Waals surface area contributed by atoms with Crippen LogP contribution in [-0.2, 0) is 0 Å². The molecule has 2 aliphatic rings. The summed E-state index contributed by atoms with van der Waals surface area (Å²) in [5.74, 6) is 1.69. The van der Waals surface area contributed by atoms with Gasteiger partial charge in [-0.15, -0.1) is 0 Å². The lowest BCUT2D eigenvalue weighted by molar-refractivity contribution is 0.146. The number of likely N-dealkylation sites (tertiary alicyclic amines) is 1. The molecule has 104 valence electrons. The van der Waals surface area contributed by atoms with Gasteiger partial charge in [0.25, 0.3) is 0 Å². The number of piperidine rings is 1. The molecule has 19 heavy (non-hydrogen) atoms. The zero-order valence-electron chi connectivity index (χ0n) is 11.5. The lowest BCUT2D eigenvalue weighted by Gasteiger charge is -2.37. The fraction of sp³-hybridized carbons (Fsp3) is 0.600. The summed E-state index contributed by atoms with van der Waals surface area (Å²) in [6, 6.07) is 6.59. The molecule has 0 amide bonds. The number of rotatable bonds is 3. The molecule has 1 saturated heterocycles. The molecule has 0 radical (unpaired) electrons. The van der Waals surface area contributed by atoms with Crippen molar-refractivity contribution >= 4 is 0 Å². The van der Waals surface area contributed by atoms with Crippen molar-refractivity contribution in [3.8, 4) is 11.5 Å². The van der Waals surface area contributed by atoms with E-state index in [4.69, 9.17) is 15.2 Å². The Morgan fingerprint density at radius 2 is 1.84 bits per heavy atom. The van der Waals surface area contributed by atoms with Gasteiger partial charge in [0.05, 0.1) is 0 Å². The molecule has 0 spiro atoms. The van der Waals surface area contributed by atoms with Gasteiger partial charge in [-0.1, -0.05) is 12.5 Å². The number of hydrogen-bond donors (Lipinski definition) is 1. The van der Waals surface area contributed by atoms with E-state index in [2.05, 4.69) is 24.0 Å². The summed E-state index contributed by atoms with van der Waals surface area (Å²) in [4.78, 5) is 2.51. The lowest BCUT2D eigenvalue weighted by atomic mass is 9.96. The second kappa shape index (κ2) is 5.39. The van der Waals surface area contributed by atoms with Crippen LogP contribution in [0.15, 0.2) is 18.2 Å². The maximum absolute atomic E-state index is 6.23. The average Bonchev–Trinajstić information content (AvgIpc) is 2.87. The first-order chi connectivity index (χ1) is 9.25. The molecule has 2 aliphatic heterocycles. The van der Waals surface area contributed by atoms with Crippen molar-refractivity contribution in [1.82, 2.24) is 4.90 Å². The maximum atomic E-state index is 6.23. The lowest BCUT2D eigenvalue weighted by Crippen LogP contribution is -2.42. The van der Waals surface area contributed by atoms with Crippen LogP contribution in [0.5, 0.6) is 11.5 Å². The van der Waals surface area contributed by atoms with E-state index in [0.717, 1.165) is 24.6 Å². The number of nitrogens with two attached hydrogens (primary N) is 1. The van der Waals surface area contributed by atoms with Crippen LogP contribution in [-0.4, -0.2) is 30.8 Å². The molecule has 3 rings (SSSR count).